The molecule has 2 heterocycles. The van der Waals surface area contributed by atoms with Crippen LogP contribution in [0.3, 0.4) is 0 Å². The third kappa shape index (κ3) is 3.01. The Balaban J connectivity index is 1.74. The number of rotatable bonds is 3. The topological polar surface area (TPSA) is 67.3 Å². The third-order valence-electron chi connectivity index (χ3n) is 3.79. The van der Waals surface area contributed by atoms with Crippen LogP contribution in [0, 0.1) is 0 Å². The van der Waals surface area contributed by atoms with Crippen LogP contribution in [-0.4, -0.2) is 36.5 Å². The molecule has 0 saturated carbocycles. The van der Waals surface area contributed by atoms with E-state index in [4.69, 9.17) is 0 Å². The van der Waals surface area contributed by atoms with Gasteiger partial charge >= 0.3 is 0 Å². The fourth-order valence-corrected chi connectivity index (χ4v) is 3.76. The van der Waals surface area contributed by atoms with Crippen molar-refractivity contribution in [2.45, 2.75) is 17.9 Å². The van der Waals surface area contributed by atoms with Crippen molar-refractivity contribution < 1.29 is 13.2 Å². The van der Waals surface area contributed by atoms with Gasteiger partial charge in [-0.1, -0.05) is 24.3 Å². The van der Waals surface area contributed by atoms with Crippen molar-refractivity contribution in [3.05, 3.63) is 59.9 Å². The van der Waals surface area contributed by atoms with Gasteiger partial charge in [-0.05, 0) is 29.7 Å². The van der Waals surface area contributed by atoms with Gasteiger partial charge < -0.3 is 4.90 Å². The van der Waals surface area contributed by atoms with Gasteiger partial charge in [-0.3, -0.25) is 9.78 Å². The predicted molar refractivity (Wildman–Crippen MR) is 81.9 cm³/mol. The van der Waals surface area contributed by atoms with Crippen molar-refractivity contribution in [3.63, 3.8) is 0 Å². The Hall–Kier alpha value is -2.21. The van der Waals surface area contributed by atoms with Gasteiger partial charge in [0, 0.05) is 25.5 Å². The van der Waals surface area contributed by atoms with Crippen LogP contribution in [0.1, 0.15) is 11.1 Å². The first-order chi connectivity index (χ1) is 10.6. The number of hydrogen-bond donors (Lipinski definition) is 0. The number of carbonyl (C=O) groups excluding carboxylic acids is 1. The van der Waals surface area contributed by atoms with E-state index in [1.54, 1.807) is 11.0 Å². The summed E-state index contributed by atoms with van der Waals surface area (Å²) >= 11 is 0. The first-order valence-corrected chi connectivity index (χ1v) is 8.69. The van der Waals surface area contributed by atoms with Crippen LogP contribution in [0.2, 0.25) is 0 Å². The molecule has 2 aromatic rings. The second-order valence-corrected chi connectivity index (χ2v) is 7.27. The third-order valence-corrected chi connectivity index (χ3v) is 5.38. The Morgan fingerprint density at radius 3 is 2.64 bits per heavy atom. The van der Waals surface area contributed by atoms with Crippen LogP contribution >= 0.6 is 0 Å². The number of nitrogens with zero attached hydrogens (tertiary/aromatic N) is 2. The smallest absolute Gasteiger partial charge is 0.238 e. The average molecular weight is 316 g/mol. The fourth-order valence-electron chi connectivity index (χ4n) is 2.58. The van der Waals surface area contributed by atoms with Crippen molar-refractivity contribution >= 4 is 15.7 Å². The molecule has 0 saturated heterocycles. The van der Waals surface area contributed by atoms with Crippen LogP contribution in [0.15, 0.2) is 53.7 Å². The number of benzene rings is 1. The molecule has 6 heteroatoms. The quantitative estimate of drug-likeness (QED) is 0.859. The van der Waals surface area contributed by atoms with Crippen molar-refractivity contribution in [2.24, 2.45) is 0 Å². The predicted octanol–water partition coefficient (Wildman–Crippen LogP) is 1.44. The molecule has 1 aliphatic rings. The maximum Gasteiger partial charge on any atom is 0.238 e. The SMILES string of the molecule is O=C(CS(=O)(=O)c1cccnc1)N1CCc2ccccc2C1. The zero-order valence-corrected chi connectivity index (χ0v) is 12.8. The molecule has 1 amide bonds. The van der Waals surface area contributed by atoms with Gasteiger partial charge in [-0.15, -0.1) is 0 Å². The number of aromatic nitrogens is 1. The number of fused-ring (bicyclic) bond motifs is 1. The molecule has 1 aromatic heterocycles. The summed E-state index contributed by atoms with van der Waals surface area (Å²) in [5, 5.41) is 0. The molecular formula is C16H16N2O3S. The van der Waals surface area contributed by atoms with E-state index in [-0.39, 0.29) is 10.8 Å². The Labute approximate surface area is 129 Å². The van der Waals surface area contributed by atoms with E-state index in [9.17, 15) is 13.2 Å². The summed E-state index contributed by atoms with van der Waals surface area (Å²) in [6.45, 7) is 1.02. The molecule has 0 atom stereocenters. The van der Waals surface area contributed by atoms with E-state index in [0.29, 0.717) is 13.1 Å². The number of pyridine rings is 1. The largest absolute Gasteiger partial charge is 0.337 e. The summed E-state index contributed by atoms with van der Waals surface area (Å²) in [5.74, 6) is -0.876. The maximum atomic E-state index is 12.3. The van der Waals surface area contributed by atoms with Crippen LogP contribution in [-0.2, 0) is 27.6 Å². The molecule has 3 rings (SSSR count). The highest BCUT2D eigenvalue weighted by Crippen LogP contribution is 2.19. The Bertz CT molecular complexity index is 788. The fraction of sp³-hybridized carbons (Fsp3) is 0.250. The Morgan fingerprint density at radius 2 is 1.91 bits per heavy atom. The Kier molecular flexibility index (Phi) is 3.94. The standard InChI is InChI=1S/C16H16N2O3S/c19-16(12-22(20,21)15-6-3-8-17-10-15)18-9-7-13-4-1-2-5-14(13)11-18/h1-6,8,10H,7,9,11-12H2. The van der Waals surface area contributed by atoms with Crippen molar-refractivity contribution in [1.29, 1.82) is 0 Å². The van der Waals surface area contributed by atoms with Gasteiger partial charge in [0.15, 0.2) is 9.84 Å². The van der Waals surface area contributed by atoms with E-state index in [0.717, 1.165) is 12.0 Å². The van der Waals surface area contributed by atoms with Gasteiger partial charge in [0.2, 0.25) is 5.91 Å². The molecule has 1 aromatic carbocycles. The zero-order valence-electron chi connectivity index (χ0n) is 12.0. The van der Waals surface area contributed by atoms with Crippen LogP contribution in [0.4, 0.5) is 0 Å². The summed E-state index contributed by atoms with van der Waals surface area (Å²) in [6.07, 6.45) is 3.53. The van der Waals surface area contributed by atoms with Crippen molar-refractivity contribution in [3.8, 4) is 0 Å². The van der Waals surface area contributed by atoms with Crippen LogP contribution < -0.4 is 0 Å². The molecule has 0 fully saturated rings. The summed E-state index contributed by atoms with van der Waals surface area (Å²) in [4.78, 5) is 17.8. The van der Waals surface area contributed by atoms with Crippen molar-refractivity contribution in [2.75, 3.05) is 12.3 Å². The minimum absolute atomic E-state index is 0.0840. The van der Waals surface area contributed by atoms with E-state index >= 15 is 0 Å². The molecule has 0 bridgehead atoms. The molecule has 114 valence electrons. The normalized spacial score (nSPS) is 14.5. The van der Waals surface area contributed by atoms with Gasteiger partial charge in [0.05, 0.1) is 4.90 Å². The summed E-state index contributed by atoms with van der Waals surface area (Å²) in [5.41, 5.74) is 2.31. The second-order valence-electron chi connectivity index (χ2n) is 5.28. The molecule has 0 radical (unpaired) electrons. The lowest BCUT2D eigenvalue weighted by molar-refractivity contribution is -0.129. The number of hydrogen-bond acceptors (Lipinski definition) is 4. The van der Waals surface area contributed by atoms with E-state index in [1.807, 2.05) is 24.3 Å². The van der Waals surface area contributed by atoms with Gasteiger partial charge in [-0.25, -0.2) is 8.42 Å². The Morgan fingerprint density at radius 1 is 1.14 bits per heavy atom. The monoisotopic (exact) mass is 316 g/mol. The lowest BCUT2D eigenvalue weighted by atomic mass is 10.00. The first kappa shape index (κ1) is 14.7. The van der Waals surface area contributed by atoms with Crippen LogP contribution in [0.5, 0.6) is 0 Å². The first-order valence-electron chi connectivity index (χ1n) is 7.03. The molecule has 22 heavy (non-hydrogen) atoms. The highest BCUT2D eigenvalue weighted by molar-refractivity contribution is 7.92. The average Bonchev–Trinajstić information content (AvgIpc) is 2.55. The lowest BCUT2D eigenvalue weighted by Gasteiger charge is -2.28. The van der Waals surface area contributed by atoms with Gasteiger partial charge in [0.25, 0.3) is 0 Å². The maximum absolute atomic E-state index is 12.3. The van der Waals surface area contributed by atoms with Gasteiger partial charge in [-0.2, -0.15) is 0 Å². The summed E-state index contributed by atoms with van der Waals surface area (Å²) in [6, 6.07) is 10.9. The van der Waals surface area contributed by atoms with E-state index in [1.165, 1.54) is 24.0 Å². The lowest BCUT2D eigenvalue weighted by Crippen LogP contribution is -2.39. The summed E-state index contributed by atoms with van der Waals surface area (Å²) < 4.78 is 24.5. The second kappa shape index (κ2) is 5.88. The zero-order chi connectivity index (χ0) is 15.6. The minimum atomic E-state index is -3.64. The highest BCUT2D eigenvalue weighted by atomic mass is 32.2. The van der Waals surface area contributed by atoms with E-state index in [2.05, 4.69) is 4.98 Å². The molecule has 0 aliphatic carbocycles. The molecule has 0 N–H and O–H groups in total. The number of carbonyl (C=O) groups is 1. The van der Waals surface area contributed by atoms with E-state index < -0.39 is 15.6 Å². The van der Waals surface area contributed by atoms with Crippen molar-refractivity contribution in [1.82, 2.24) is 9.88 Å². The molecule has 5 nitrogen and oxygen atoms in total. The molecule has 0 spiro atoms. The number of sulfone groups is 1. The van der Waals surface area contributed by atoms with Gasteiger partial charge in [0.1, 0.15) is 5.75 Å². The molecular weight excluding hydrogens is 300 g/mol. The highest BCUT2D eigenvalue weighted by Gasteiger charge is 2.26. The number of amides is 1. The minimum Gasteiger partial charge on any atom is -0.337 e. The molecule has 0 unspecified atom stereocenters. The summed E-state index contributed by atoms with van der Waals surface area (Å²) in [7, 11) is -3.64. The van der Waals surface area contributed by atoms with Crippen LogP contribution in [0.25, 0.3) is 0 Å². The molecule has 1 aliphatic heterocycles.